The van der Waals surface area contributed by atoms with Gasteiger partial charge in [0, 0.05) is 6.07 Å². The number of thiocarbonyl (C=S) groups is 1. The van der Waals surface area contributed by atoms with Crippen LogP contribution in [0.1, 0.15) is 12.5 Å². The minimum atomic E-state index is -0.654. The molecule has 0 spiro atoms. The molecule has 2 N–H and O–H groups in total. The van der Waals surface area contributed by atoms with Crippen molar-refractivity contribution < 1.29 is 28.2 Å². The SMILES string of the molecule is CCOc1cccc(N2C(=O)/C(=C/c3ccc(OCC(=O)Nc4ccccc4F)c(Cl)c3)C(=O)NC2=S)c1. The highest BCUT2D eigenvalue weighted by Gasteiger charge is 2.34. The monoisotopic (exact) mass is 553 g/mol. The average Bonchev–Trinajstić information content (AvgIpc) is 2.88. The molecule has 0 radical (unpaired) electrons. The van der Waals surface area contributed by atoms with Gasteiger partial charge in [0.2, 0.25) is 0 Å². The summed E-state index contributed by atoms with van der Waals surface area (Å²) in [6.45, 7) is 1.87. The zero-order valence-electron chi connectivity index (χ0n) is 20.0. The van der Waals surface area contributed by atoms with Gasteiger partial charge in [-0.2, -0.15) is 0 Å². The summed E-state index contributed by atoms with van der Waals surface area (Å²) in [7, 11) is 0. The molecule has 1 aliphatic rings. The molecule has 3 aromatic rings. The van der Waals surface area contributed by atoms with Crippen molar-refractivity contribution >= 4 is 64.1 Å². The Morgan fingerprint density at radius 1 is 1.11 bits per heavy atom. The summed E-state index contributed by atoms with van der Waals surface area (Å²) < 4.78 is 24.7. The molecule has 3 amide bonds. The van der Waals surface area contributed by atoms with E-state index in [0.29, 0.717) is 23.6 Å². The van der Waals surface area contributed by atoms with Crippen LogP contribution in [0.25, 0.3) is 6.08 Å². The van der Waals surface area contributed by atoms with E-state index in [-0.39, 0.29) is 27.1 Å². The Morgan fingerprint density at radius 2 is 1.89 bits per heavy atom. The number of carbonyl (C=O) groups excluding carboxylic acids is 3. The maximum absolute atomic E-state index is 13.7. The lowest BCUT2D eigenvalue weighted by Gasteiger charge is -2.29. The number of nitrogens with one attached hydrogen (secondary N) is 2. The molecule has 1 heterocycles. The van der Waals surface area contributed by atoms with E-state index in [1.165, 1.54) is 41.3 Å². The largest absolute Gasteiger partial charge is 0.494 e. The Balaban J connectivity index is 1.49. The van der Waals surface area contributed by atoms with Gasteiger partial charge < -0.3 is 14.8 Å². The maximum Gasteiger partial charge on any atom is 0.270 e. The number of nitrogens with zero attached hydrogens (tertiary/aromatic N) is 1. The molecule has 4 rings (SSSR count). The molecule has 3 aromatic carbocycles. The van der Waals surface area contributed by atoms with Crippen molar-refractivity contribution in [2.75, 3.05) is 23.4 Å². The fraction of sp³-hybridized carbons (Fsp3) is 0.111. The first-order valence-electron chi connectivity index (χ1n) is 11.4. The lowest BCUT2D eigenvalue weighted by molar-refractivity contribution is -0.122. The first-order valence-corrected chi connectivity index (χ1v) is 12.2. The van der Waals surface area contributed by atoms with Crippen LogP contribution in [0.4, 0.5) is 15.8 Å². The third-order valence-electron chi connectivity index (χ3n) is 5.26. The van der Waals surface area contributed by atoms with Gasteiger partial charge in [-0.1, -0.05) is 35.9 Å². The Hall–Kier alpha value is -4.28. The third kappa shape index (κ3) is 6.16. The number of carbonyl (C=O) groups is 3. The van der Waals surface area contributed by atoms with Gasteiger partial charge >= 0.3 is 0 Å². The molecule has 0 unspecified atom stereocenters. The van der Waals surface area contributed by atoms with Gasteiger partial charge in [-0.05, 0) is 67.2 Å². The second-order valence-electron chi connectivity index (χ2n) is 7.89. The zero-order valence-corrected chi connectivity index (χ0v) is 21.6. The summed E-state index contributed by atoms with van der Waals surface area (Å²) in [6.07, 6.45) is 1.37. The predicted octanol–water partition coefficient (Wildman–Crippen LogP) is 4.73. The summed E-state index contributed by atoms with van der Waals surface area (Å²) in [4.78, 5) is 39.2. The molecule has 1 aliphatic heterocycles. The number of benzene rings is 3. The summed E-state index contributed by atoms with van der Waals surface area (Å²) in [5.74, 6) is -1.68. The summed E-state index contributed by atoms with van der Waals surface area (Å²) in [5, 5.41) is 5.02. The van der Waals surface area contributed by atoms with Crippen LogP contribution >= 0.6 is 23.8 Å². The number of rotatable bonds is 8. The lowest BCUT2D eigenvalue weighted by Crippen LogP contribution is -2.54. The maximum atomic E-state index is 13.7. The van der Waals surface area contributed by atoms with Crippen LogP contribution in [0.3, 0.4) is 0 Å². The number of hydrogen-bond acceptors (Lipinski definition) is 6. The molecule has 8 nitrogen and oxygen atoms in total. The van der Waals surface area contributed by atoms with Crippen LogP contribution < -0.4 is 25.0 Å². The van der Waals surface area contributed by atoms with Gasteiger partial charge in [0.25, 0.3) is 17.7 Å². The third-order valence-corrected chi connectivity index (χ3v) is 5.84. The van der Waals surface area contributed by atoms with E-state index in [9.17, 15) is 18.8 Å². The van der Waals surface area contributed by atoms with E-state index in [1.807, 2.05) is 6.92 Å². The zero-order chi connectivity index (χ0) is 27.2. The summed E-state index contributed by atoms with van der Waals surface area (Å²) in [5.41, 5.74) is 0.747. The fourth-order valence-electron chi connectivity index (χ4n) is 3.55. The van der Waals surface area contributed by atoms with E-state index in [4.69, 9.17) is 33.3 Å². The molecule has 0 aromatic heterocycles. The molecule has 38 heavy (non-hydrogen) atoms. The van der Waals surface area contributed by atoms with Crippen LogP contribution in [0.5, 0.6) is 11.5 Å². The summed E-state index contributed by atoms with van der Waals surface area (Å²) in [6, 6.07) is 17.1. The van der Waals surface area contributed by atoms with Crippen molar-refractivity contribution in [3.63, 3.8) is 0 Å². The molecule has 11 heteroatoms. The van der Waals surface area contributed by atoms with E-state index < -0.39 is 30.1 Å². The van der Waals surface area contributed by atoms with Crippen molar-refractivity contribution in [3.8, 4) is 11.5 Å². The normalized spacial score (nSPS) is 14.3. The summed E-state index contributed by atoms with van der Waals surface area (Å²) >= 11 is 11.5. The molecule has 194 valence electrons. The number of hydrogen-bond donors (Lipinski definition) is 2. The molecule has 0 bridgehead atoms. The Kier molecular flexibility index (Phi) is 8.35. The molecule has 0 aliphatic carbocycles. The van der Waals surface area contributed by atoms with Gasteiger partial charge in [0.15, 0.2) is 11.7 Å². The van der Waals surface area contributed by atoms with E-state index in [2.05, 4.69) is 10.6 Å². The topological polar surface area (TPSA) is 97.0 Å². The van der Waals surface area contributed by atoms with Crippen LogP contribution in [0, 0.1) is 5.82 Å². The van der Waals surface area contributed by atoms with Crippen molar-refractivity contribution in [3.05, 3.63) is 88.7 Å². The van der Waals surface area contributed by atoms with E-state index in [0.717, 1.165) is 0 Å². The van der Waals surface area contributed by atoms with Gasteiger partial charge in [-0.3, -0.25) is 24.6 Å². The number of anilines is 2. The van der Waals surface area contributed by atoms with E-state index >= 15 is 0 Å². The first-order chi connectivity index (χ1) is 18.3. The smallest absolute Gasteiger partial charge is 0.270 e. The number of para-hydroxylation sites is 1. The van der Waals surface area contributed by atoms with Gasteiger partial charge in [0.05, 0.1) is 23.0 Å². The average molecular weight is 554 g/mol. The van der Waals surface area contributed by atoms with Gasteiger partial charge in [-0.15, -0.1) is 0 Å². The molecule has 0 saturated carbocycles. The minimum absolute atomic E-state index is 0.0303. The Labute approximate surface area is 228 Å². The minimum Gasteiger partial charge on any atom is -0.494 e. The molecular weight excluding hydrogens is 533 g/mol. The predicted molar refractivity (Wildman–Crippen MR) is 146 cm³/mol. The van der Waals surface area contributed by atoms with Crippen LogP contribution in [-0.2, 0) is 14.4 Å². The standard InChI is InChI=1S/C27H21ClFN3O5S/c1-2-36-18-7-5-6-17(14-18)32-26(35)19(25(34)31-27(32)38)12-16-10-11-23(20(28)13-16)37-15-24(33)30-22-9-4-3-8-21(22)29/h3-14H,2,15H2,1H3,(H,30,33)(H,31,34,38)/b19-12+. The van der Waals surface area contributed by atoms with Crippen molar-refractivity contribution in [2.45, 2.75) is 6.92 Å². The molecule has 1 saturated heterocycles. The second-order valence-corrected chi connectivity index (χ2v) is 8.69. The van der Waals surface area contributed by atoms with Crippen molar-refractivity contribution in [1.29, 1.82) is 0 Å². The van der Waals surface area contributed by atoms with Crippen LogP contribution in [0.2, 0.25) is 5.02 Å². The first kappa shape index (κ1) is 26.8. The highest BCUT2D eigenvalue weighted by molar-refractivity contribution is 7.80. The van der Waals surface area contributed by atoms with Crippen molar-refractivity contribution in [2.24, 2.45) is 0 Å². The highest BCUT2D eigenvalue weighted by Crippen LogP contribution is 2.29. The quantitative estimate of drug-likeness (QED) is 0.238. The van der Waals surface area contributed by atoms with Crippen LogP contribution in [0.15, 0.2) is 72.3 Å². The van der Waals surface area contributed by atoms with E-state index in [1.54, 1.807) is 36.4 Å². The Bertz CT molecular complexity index is 1460. The number of halogens is 2. The molecule has 0 atom stereocenters. The van der Waals surface area contributed by atoms with Gasteiger partial charge in [-0.25, -0.2) is 4.39 Å². The highest BCUT2D eigenvalue weighted by atomic mass is 35.5. The van der Waals surface area contributed by atoms with Crippen molar-refractivity contribution in [1.82, 2.24) is 5.32 Å². The molecule has 1 fully saturated rings. The molecular formula is C27H21ClFN3O5S. The second kappa shape index (κ2) is 11.8. The Morgan fingerprint density at radius 3 is 2.63 bits per heavy atom. The lowest BCUT2D eigenvalue weighted by atomic mass is 10.1. The van der Waals surface area contributed by atoms with Crippen LogP contribution in [-0.4, -0.2) is 36.0 Å². The number of ether oxygens (including phenoxy) is 2. The fourth-order valence-corrected chi connectivity index (χ4v) is 4.08. The van der Waals surface area contributed by atoms with Gasteiger partial charge in [0.1, 0.15) is 22.9 Å². The number of amides is 3.